The number of fused-ring (bicyclic) bond motifs is 2. The van der Waals surface area contributed by atoms with Crippen LogP contribution < -0.4 is 0 Å². The molecular formula is C16H10BBr2F3N2. The van der Waals surface area contributed by atoms with E-state index < -0.39 is 12.8 Å². The average molecular weight is 458 g/mol. The lowest BCUT2D eigenvalue weighted by atomic mass is 9.85. The van der Waals surface area contributed by atoms with E-state index in [0.29, 0.717) is 16.7 Å². The highest BCUT2D eigenvalue weighted by molar-refractivity contribution is 9.18. The quantitative estimate of drug-likeness (QED) is 0.528. The minimum Gasteiger partial charge on any atom is -0.389 e. The van der Waals surface area contributed by atoms with Crippen LogP contribution >= 0.6 is 31.9 Å². The zero-order valence-electron chi connectivity index (χ0n) is 12.4. The molecule has 0 atom stereocenters. The van der Waals surface area contributed by atoms with Gasteiger partial charge in [-0.25, -0.2) is 4.39 Å². The molecule has 0 unspecified atom stereocenters. The monoisotopic (exact) mass is 456 g/mol. The Hall–Kier alpha value is -1.54. The molecule has 0 aliphatic carbocycles. The predicted octanol–water partition coefficient (Wildman–Crippen LogP) is 5.07. The maximum Gasteiger partial charge on any atom is 0.738 e. The zero-order valence-corrected chi connectivity index (χ0v) is 15.6. The largest absolute Gasteiger partial charge is 0.738 e. The number of allylic oxidation sites excluding steroid dienone is 2. The van der Waals surface area contributed by atoms with Crippen molar-refractivity contribution in [1.82, 2.24) is 4.48 Å². The van der Waals surface area contributed by atoms with Gasteiger partial charge in [-0.05, 0) is 46.6 Å². The van der Waals surface area contributed by atoms with Crippen LogP contribution in [-0.2, 0) is 0 Å². The van der Waals surface area contributed by atoms with Gasteiger partial charge in [0, 0.05) is 39.3 Å². The molecule has 4 rings (SSSR count). The number of aryl methyl sites for hydroxylation is 1. The van der Waals surface area contributed by atoms with E-state index in [-0.39, 0.29) is 20.6 Å². The van der Waals surface area contributed by atoms with E-state index in [1.165, 1.54) is 6.07 Å². The fraction of sp³-hybridized carbons (Fsp3) is 0.0625. The maximum atomic E-state index is 15.1. The maximum absolute atomic E-state index is 15.1. The number of hydrogen-bond acceptors (Lipinski definition) is 0. The summed E-state index contributed by atoms with van der Waals surface area (Å²) in [6.07, 6.45) is 3.15. The predicted molar refractivity (Wildman–Crippen MR) is 96.0 cm³/mol. The Bertz CT molecular complexity index is 969. The third kappa shape index (κ3) is 1.99. The van der Waals surface area contributed by atoms with Crippen molar-refractivity contribution in [3.8, 4) is 0 Å². The second-order valence-corrected chi connectivity index (χ2v) is 7.34. The first-order chi connectivity index (χ1) is 11.3. The van der Waals surface area contributed by atoms with Crippen LogP contribution in [0.25, 0.3) is 5.57 Å². The molecule has 1 aromatic heterocycles. The van der Waals surface area contributed by atoms with E-state index in [1.54, 1.807) is 43.3 Å². The summed E-state index contributed by atoms with van der Waals surface area (Å²) in [6.45, 7) is -2.32. The highest BCUT2D eigenvalue weighted by Gasteiger charge is 2.54. The van der Waals surface area contributed by atoms with E-state index in [9.17, 15) is 4.39 Å². The molecule has 122 valence electrons. The fourth-order valence-corrected chi connectivity index (χ4v) is 4.48. The van der Waals surface area contributed by atoms with Gasteiger partial charge in [-0.3, -0.25) is 0 Å². The van der Waals surface area contributed by atoms with Gasteiger partial charge >= 0.3 is 6.97 Å². The Morgan fingerprint density at radius 1 is 1.08 bits per heavy atom. The molecule has 3 heterocycles. The Labute approximate surface area is 153 Å². The summed E-state index contributed by atoms with van der Waals surface area (Å²) < 4.78 is 47.1. The van der Waals surface area contributed by atoms with Gasteiger partial charge < -0.3 is 17.6 Å². The van der Waals surface area contributed by atoms with E-state index in [2.05, 4.69) is 31.9 Å². The first-order valence-electron chi connectivity index (χ1n) is 7.23. The normalized spacial score (nSPS) is 18.2. The minimum atomic E-state index is -4.09. The summed E-state index contributed by atoms with van der Waals surface area (Å²) in [5.74, 6) is -0.435. The first kappa shape index (κ1) is 16.0. The summed E-state index contributed by atoms with van der Waals surface area (Å²) in [7, 11) is 0. The van der Waals surface area contributed by atoms with Gasteiger partial charge in [0.1, 0.15) is 5.82 Å². The van der Waals surface area contributed by atoms with Crippen molar-refractivity contribution in [3.05, 3.63) is 75.4 Å². The molecule has 2 aliphatic rings. The average Bonchev–Trinajstić information content (AvgIpc) is 3.07. The number of halogens is 5. The van der Waals surface area contributed by atoms with Crippen molar-refractivity contribution < 1.29 is 17.5 Å². The van der Waals surface area contributed by atoms with Crippen LogP contribution in [0.3, 0.4) is 0 Å². The fourth-order valence-electron chi connectivity index (χ4n) is 3.34. The van der Waals surface area contributed by atoms with Crippen molar-refractivity contribution in [1.29, 1.82) is 0 Å². The molecule has 0 radical (unpaired) electrons. The van der Waals surface area contributed by atoms with Crippen molar-refractivity contribution in [2.45, 2.75) is 6.92 Å². The first-order valence-corrected chi connectivity index (χ1v) is 8.82. The summed E-state index contributed by atoms with van der Waals surface area (Å²) in [5.41, 5.74) is 2.06. The van der Waals surface area contributed by atoms with Gasteiger partial charge in [0.15, 0.2) is 5.70 Å². The molecule has 0 fully saturated rings. The van der Waals surface area contributed by atoms with Gasteiger partial charge in [-0.2, -0.15) is 0 Å². The van der Waals surface area contributed by atoms with Gasteiger partial charge in [0.05, 0.1) is 10.2 Å². The molecule has 8 heteroatoms. The number of aromatic nitrogens is 1. The Morgan fingerprint density at radius 3 is 2.54 bits per heavy atom. The molecule has 0 N–H and O–H groups in total. The molecule has 24 heavy (non-hydrogen) atoms. The lowest BCUT2D eigenvalue weighted by molar-refractivity contribution is -0.358. The number of nitrogens with zero attached hydrogens (tertiary/aromatic N) is 2. The van der Waals surface area contributed by atoms with Gasteiger partial charge in [-0.15, -0.1) is 0 Å². The van der Waals surface area contributed by atoms with E-state index in [4.69, 9.17) is 0 Å². The Balaban J connectivity index is 2.17. The van der Waals surface area contributed by atoms with Crippen LogP contribution in [0, 0.1) is 12.7 Å². The lowest BCUT2D eigenvalue weighted by Gasteiger charge is -2.32. The molecule has 2 nitrogen and oxygen atoms in total. The highest BCUT2D eigenvalue weighted by Crippen LogP contribution is 2.43. The zero-order chi connectivity index (χ0) is 17.2. The highest BCUT2D eigenvalue weighted by atomic mass is 79.9. The topological polar surface area (TPSA) is 7.94 Å². The molecule has 1 aromatic carbocycles. The molecule has 0 saturated carbocycles. The van der Waals surface area contributed by atoms with Crippen molar-refractivity contribution >= 4 is 49.0 Å². The molecule has 2 aliphatic heterocycles. The van der Waals surface area contributed by atoms with Crippen LogP contribution in [0.15, 0.2) is 52.8 Å². The van der Waals surface area contributed by atoms with E-state index in [1.807, 2.05) is 0 Å². The van der Waals surface area contributed by atoms with Crippen molar-refractivity contribution in [3.63, 3.8) is 0 Å². The number of hydrogen-bond donors (Lipinski definition) is 0. The third-order valence-corrected chi connectivity index (χ3v) is 5.64. The second-order valence-electron chi connectivity index (χ2n) is 5.72. The molecule has 0 spiro atoms. The van der Waals surface area contributed by atoms with Gasteiger partial charge in [-0.1, -0.05) is 12.1 Å². The van der Waals surface area contributed by atoms with E-state index >= 15 is 8.63 Å². The molecule has 0 saturated heterocycles. The molecular weight excluding hydrogens is 448 g/mol. The summed E-state index contributed by atoms with van der Waals surface area (Å²) in [4.78, 5) is 0. The number of benzene rings is 1. The van der Waals surface area contributed by atoms with Crippen molar-refractivity contribution in [2.24, 2.45) is 0 Å². The molecule has 0 amide bonds. The summed E-state index contributed by atoms with van der Waals surface area (Å²) in [6, 6.07) is 7.87. The summed E-state index contributed by atoms with van der Waals surface area (Å²) in [5, 5.41) is 0. The lowest BCUT2D eigenvalue weighted by Crippen LogP contribution is -2.50. The molecule has 0 bridgehead atoms. The van der Waals surface area contributed by atoms with Crippen LogP contribution in [0.2, 0.25) is 0 Å². The number of rotatable bonds is 1. The SMILES string of the molecule is Cc1cccc(F)c1C1=C2C=CC(Br)=[N+]2[B-](F)(F)n2c(Br)ccc21. The van der Waals surface area contributed by atoms with E-state index in [0.717, 1.165) is 8.96 Å². The minimum absolute atomic E-state index is 0.250. The third-order valence-electron chi connectivity index (χ3n) is 4.34. The van der Waals surface area contributed by atoms with Gasteiger partial charge in [0.25, 0.3) is 0 Å². The van der Waals surface area contributed by atoms with Crippen LogP contribution in [-0.4, -0.2) is 20.6 Å². The van der Waals surface area contributed by atoms with Crippen molar-refractivity contribution in [2.75, 3.05) is 0 Å². The second kappa shape index (κ2) is 5.23. The van der Waals surface area contributed by atoms with Crippen LogP contribution in [0.1, 0.15) is 16.8 Å². The smallest absolute Gasteiger partial charge is 0.389 e. The standard InChI is InChI=1S/C16H10BBr2F3N2/c1-9-3-2-4-10(20)15(9)16-11-5-7-13(18)23(11)17(21,22)24-12(16)6-8-14(24)19/h2-8H,1H3. The Kier molecular flexibility index (Phi) is 3.48. The summed E-state index contributed by atoms with van der Waals surface area (Å²) >= 11 is 6.38. The van der Waals surface area contributed by atoms with Crippen LogP contribution in [0.4, 0.5) is 13.0 Å². The van der Waals surface area contributed by atoms with Gasteiger partial charge in [0.2, 0.25) is 4.62 Å². The Morgan fingerprint density at radius 2 is 1.83 bits per heavy atom. The van der Waals surface area contributed by atoms with Crippen LogP contribution in [0.5, 0.6) is 0 Å². The molecule has 2 aromatic rings.